The number of hydrogen-bond donors (Lipinski definition) is 2. The first-order chi connectivity index (χ1) is 11.5. The predicted molar refractivity (Wildman–Crippen MR) is 88.9 cm³/mol. The van der Waals surface area contributed by atoms with Crippen molar-refractivity contribution in [3.63, 3.8) is 0 Å². The predicted octanol–water partition coefficient (Wildman–Crippen LogP) is 2.73. The zero-order chi connectivity index (χ0) is 17.1. The highest BCUT2D eigenvalue weighted by molar-refractivity contribution is 6.31. The Morgan fingerprint density at radius 1 is 1.38 bits per heavy atom. The molecule has 0 atom stereocenters. The first-order valence-corrected chi connectivity index (χ1v) is 7.97. The fraction of sp³-hybridized carbons (Fsp3) is 0.312. The summed E-state index contributed by atoms with van der Waals surface area (Å²) in [5, 5.41) is 5.09. The van der Waals surface area contributed by atoms with E-state index in [1.807, 2.05) is 0 Å². The lowest BCUT2D eigenvalue weighted by atomic mass is 10.3. The molecule has 2 N–H and O–H groups in total. The third-order valence-corrected chi connectivity index (χ3v) is 4.00. The molecular weight excluding hydrogens is 335 g/mol. The van der Waals surface area contributed by atoms with Crippen molar-refractivity contribution in [2.75, 3.05) is 11.9 Å². The second-order valence-corrected chi connectivity index (χ2v) is 6.04. The average molecular weight is 351 g/mol. The van der Waals surface area contributed by atoms with Crippen molar-refractivity contribution in [2.45, 2.75) is 25.3 Å². The number of carbonyl (C=O) groups is 1. The summed E-state index contributed by atoms with van der Waals surface area (Å²) in [6.07, 6.45) is 3.69. The van der Waals surface area contributed by atoms with E-state index in [-0.39, 0.29) is 17.1 Å². The molecule has 1 fully saturated rings. The highest BCUT2D eigenvalue weighted by Gasteiger charge is 2.25. The van der Waals surface area contributed by atoms with Crippen LogP contribution in [-0.2, 0) is 6.54 Å². The molecule has 6 nitrogen and oxygen atoms in total. The molecule has 0 bridgehead atoms. The van der Waals surface area contributed by atoms with E-state index in [0.29, 0.717) is 18.2 Å². The minimum Gasteiger partial charge on any atom is -0.336 e. The van der Waals surface area contributed by atoms with Gasteiger partial charge in [-0.25, -0.2) is 14.2 Å². The van der Waals surface area contributed by atoms with Crippen LogP contribution in [0.15, 0.2) is 35.4 Å². The number of benzene rings is 1. The van der Waals surface area contributed by atoms with Crippen molar-refractivity contribution >= 4 is 23.3 Å². The molecule has 24 heavy (non-hydrogen) atoms. The fourth-order valence-corrected chi connectivity index (χ4v) is 2.43. The number of anilines is 1. The Hall–Kier alpha value is -2.41. The van der Waals surface area contributed by atoms with E-state index in [1.54, 1.807) is 6.07 Å². The van der Waals surface area contributed by atoms with E-state index in [0.717, 1.165) is 18.5 Å². The van der Waals surface area contributed by atoms with Gasteiger partial charge in [0.1, 0.15) is 5.82 Å². The maximum Gasteiger partial charge on any atom is 0.319 e. The average Bonchev–Trinajstić information content (AvgIpc) is 3.37. The molecule has 3 rings (SSSR count). The zero-order valence-corrected chi connectivity index (χ0v) is 13.5. The van der Waals surface area contributed by atoms with Crippen molar-refractivity contribution in [3.05, 3.63) is 57.5 Å². The quantitative estimate of drug-likeness (QED) is 0.870. The van der Waals surface area contributed by atoms with Gasteiger partial charge in [-0.15, -0.1) is 0 Å². The van der Waals surface area contributed by atoms with Gasteiger partial charge in [0, 0.05) is 30.8 Å². The summed E-state index contributed by atoms with van der Waals surface area (Å²) in [6.45, 7) is 0.569. The van der Waals surface area contributed by atoms with Gasteiger partial charge in [0.15, 0.2) is 0 Å². The molecule has 2 aromatic rings. The fourth-order valence-electron chi connectivity index (χ4n) is 2.25. The lowest BCUT2D eigenvalue weighted by Crippen LogP contribution is -2.33. The first kappa shape index (κ1) is 16.4. The van der Waals surface area contributed by atoms with Crippen LogP contribution in [0.3, 0.4) is 0 Å². The van der Waals surface area contributed by atoms with Crippen LogP contribution in [0, 0.1) is 5.82 Å². The molecule has 0 unspecified atom stereocenters. The molecule has 8 heteroatoms. The van der Waals surface area contributed by atoms with Crippen LogP contribution in [0.25, 0.3) is 0 Å². The minimum atomic E-state index is -0.552. The van der Waals surface area contributed by atoms with Crippen LogP contribution in [0.2, 0.25) is 5.02 Å². The Morgan fingerprint density at radius 3 is 2.83 bits per heavy atom. The van der Waals surface area contributed by atoms with Gasteiger partial charge in [0.2, 0.25) is 0 Å². The lowest BCUT2D eigenvalue weighted by molar-refractivity contribution is 0.251. The maximum atomic E-state index is 13.0. The van der Waals surface area contributed by atoms with E-state index < -0.39 is 11.8 Å². The molecule has 1 aromatic heterocycles. The lowest BCUT2D eigenvalue weighted by Gasteiger charge is -2.09. The second-order valence-electron chi connectivity index (χ2n) is 5.63. The van der Waals surface area contributed by atoms with Crippen LogP contribution in [0.1, 0.15) is 24.5 Å². The van der Waals surface area contributed by atoms with E-state index >= 15 is 0 Å². The van der Waals surface area contributed by atoms with E-state index in [9.17, 15) is 14.0 Å². The molecule has 2 amide bonds. The number of carbonyl (C=O) groups excluding carboxylic acids is 1. The molecular formula is C16H16ClFN4O2. The van der Waals surface area contributed by atoms with Crippen molar-refractivity contribution in [1.82, 2.24) is 14.9 Å². The maximum absolute atomic E-state index is 13.0. The topological polar surface area (TPSA) is 76.0 Å². The number of hydrogen-bond acceptors (Lipinski definition) is 3. The normalized spacial score (nSPS) is 13.6. The van der Waals surface area contributed by atoms with Crippen LogP contribution < -0.4 is 16.2 Å². The van der Waals surface area contributed by atoms with Crippen molar-refractivity contribution in [1.29, 1.82) is 0 Å². The number of halogens is 2. The summed E-state index contributed by atoms with van der Waals surface area (Å²) in [5.74, 6) is -0.122. The minimum absolute atomic E-state index is 0.0684. The molecule has 1 heterocycles. The summed E-state index contributed by atoms with van der Waals surface area (Å²) in [4.78, 5) is 28.0. The van der Waals surface area contributed by atoms with Gasteiger partial charge in [0.25, 0.3) is 5.56 Å². The molecule has 0 spiro atoms. The van der Waals surface area contributed by atoms with Gasteiger partial charge < -0.3 is 10.6 Å². The summed E-state index contributed by atoms with van der Waals surface area (Å²) < 4.78 is 14.5. The van der Waals surface area contributed by atoms with Crippen molar-refractivity contribution in [2.24, 2.45) is 0 Å². The zero-order valence-electron chi connectivity index (χ0n) is 12.8. The highest BCUT2D eigenvalue weighted by atomic mass is 35.5. The Labute approximate surface area is 142 Å². The largest absolute Gasteiger partial charge is 0.336 e. The SMILES string of the molecule is O=C(NCCn1cnc(C2CC2)cc1=O)Nc1ccc(F)c(Cl)c1. The van der Waals surface area contributed by atoms with Crippen LogP contribution in [0.4, 0.5) is 14.9 Å². The van der Waals surface area contributed by atoms with Gasteiger partial charge >= 0.3 is 6.03 Å². The third-order valence-electron chi connectivity index (χ3n) is 3.71. The molecule has 1 aliphatic rings. The van der Waals surface area contributed by atoms with E-state index in [2.05, 4.69) is 15.6 Å². The van der Waals surface area contributed by atoms with Crippen LogP contribution in [0.5, 0.6) is 0 Å². The summed E-state index contributed by atoms with van der Waals surface area (Å²) in [6, 6.07) is 4.99. The summed E-state index contributed by atoms with van der Waals surface area (Å²) in [5.41, 5.74) is 1.10. The number of nitrogens with one attached hydrogen (secondary N) is 2. The summed E-state index contributed by atoms with van der Waals surface area (Å²) >= 11 is 5.65. The second kappa shape index (κ2) is 7.00. The third kappa shape index (κ3) is 4.11. The summed E-state index contributed by atoms with van der Waals surface area (Å²) in [7, 11) is 0. The molecule has 0 radical (unpaired) electrons. The van der Waals surface area contributed by atoms with Crippen LogP contribution >= 0.6 is 11.6 Å². The molecule has 1 aromatic carbocycles. The first-order valence-electron chi connectivity index (χ1n) is 7.59. The van der Waals surface area contributed by atoms with Gasteiger partial charge in [-0.2, -0.15) is 0 Å². The van der Waals surface area contributed by atoms with Crippen LogP contribution in [-0.4, -0.2) is 22.1 Å². The van der Waals surface area contributed by atoms with Crippen molar-refractivity contribution in [3.8, 4) is 0 Å². The van der Waals surface area contributed by atoms with Gasteiger partial charge in [-0.05, 0) is 31.0 Å². The molecule has 0 aliphatic heterocycles. The Morgan fingerprint density at radius 2 is 2.17 bits per heavy atom. The Kier molecular flexibility index (Phi) is 4.80. The molecule has 0 saturated heterocycles. The Bertz CT molecular complexity index is 820. The van der Waals surface area contributed by atoms with E-state index in [4.69, 9.17) is 11.6 Å². The van der Waals surface area contributed by atoms with E-state index in [1.165, 1.54) is 29.1 Å². The van der Waals surface area contributed by atoms with Gasteiger partial charge in [-0.3, -0.25) is 9.36 Å². The number of aromatic nitrogens is 2. The highest BCUT2D eigenvalue weighted by Crippen LogP contribution is 2.38. The van der Waals surface area contributed by atoms with Crippen molar-refractivity contribution < 1.29 is 9.18 Å². The van der Waals surface area contributed by atoms with Gasteiger partial charge in [-0.1, -0.05) is 11.6 Å². The number of urea groups is 1. The molecule has 1 saturated carbocycles. The molecule has 126 valence electrons. The molecule has 1 aliphatic carbocycles. The standard InChI is InChI=1S/C16H16ClFN4O2/c17-12-7-11(3-4-13(12)18)21-16(24)19-5-6-22-9-20-14(8-15(22)23)10-1-2-10/h3-4,7-10H,1-2,5-6H2,(H2,19,21,24). The number of rotatable bonds is 5. The number of amides is 2. The number of nitrogens with zero attached hydrogens (tertiary/aromatic N) is 2. The monoisotopic (exact) mass is 350 g/mol. The van der Waals surface area contributed by atoms with Gasteiger partial charge in [0.05, 0.1) is 17.0 Å². The Balaban J connectivity index is 1.49. The smallest absolute Gasteiger partial charge is 0.319 e.